The van der Waals surface area contributed by atoms with Crippen LogP contribution in [0.2, 0.25) is 0 Å². The van der Waals surface area contributed by atoms with Gasteiger partial charge in [0.2, 0.25) is 0 Å². The highest BCUT2D eigenvalue weighted by Crippen LogP contribution is 2.10. The van der Waals surface area contributed by atoms with Gasteiger partial charge in [-0.15, -0.1) is 0 Å². The van der Waals surface area contributed by atoms with Crippen molar-refractivity contribution in [2.75, 3.05) is 13.8 Å². The number of rotatable bonds is 2. The fourth-order valence-electron chi connectivity index (χ4n) is 1.40. The fraction of sp³-hybridized carbons (Fsp3) is 0.333. The van der Waals surface area contributed by atoms with Crippen LogP contribution >= 0.6 is 0 Å². The van der Waals surface area contributed by atoms with Crippen molar-refractivity contribution in [1.29, 1.82) is 0 Å². The Morgan fingerprint density at radius 2 is 1.74 bits per heavy atom. The molecule has 7 nitrogen and oxygen atoms in total. The van der Waals surface area contributed by atoms with Crippen LogP contribution in [0.4, 0.5) is 0 Å². The maximum absolute atomic E-state index is 11.1. The minimum atomic E-state index is -0.312. The Labute approximate surface area is 109 Å². The molecule has 0 aliphatic carbocycles. The summed E-state index contributed by atoms with van der Waals surface area (Å²) in [5.74, 6) is -1.16. The van der Waals surface area contributed by atoms with Crippen LogP contribution in [0.5, 0.6) is 0 Å². The third kappa shape index (κ3) is 3.59. The lowest BCUT2D eigenvalue weighted by atomic mass is 10.3. The largest absolute Gasteiger partial charge is 0.364 e. The predicted octanol–water partition coefficient (Wildman–Crippen LogP) is -0.506. The summed E-state index contributed by atoms with van der Waals surface area (Å²) >= 11 is 0. The van der Waals surface area contributed by atoms with Gasteiger partial charge in [-0.25, -0.2) is 0 Å². The molecule has 102 valence electrons. The van der Waals surface area contributed by atoms with Gasteiger partial charge in [0, 0.05) is 30.4 Å². The zero-order valence-corrected chi connectivity index (χ0v) is 10.9. The standard InChI is InChI=1S/C7H9NO3.C5H5NO2/c1-5-3-6(9)8(4-11-2)7(5)10;1-3-2-4(7)6-5(3)8/h3H,4H2,1-2H3;2H,1H3,(H,6,7,8). The number of amides is 4. The van der Waals surface area contributed by atoms with Gasteiger partial charge < -0.3 is 4.74 Å². The maximum Gasteiger partial charge on any atom is 0.258 e. The molecule has 0 bridgehead atoms. The van der Waals surface area contributed by atoms with Gasteiger partial charge in [-0.3, -0.25) is 29.4 Å². The summed E-state index contributed by atoms with van der Waals surface area (Å²) < 4.78 is 4.67. The summed E-state index contributed by atoms with van der Waals surface area (Å²) in [5.41, 5.74) is 0.946. The Morgan fingerprint density at radius 1 is 1.11 bits per heavy atom. The van der Waals surface area contributed by atoms with E-state index in [-0.39, 0.29) is 30.4 Å². The van der Waals surface area contributed by atoms with Crippen molar-refractivity contribution in [1.82, 2.24) is 10.2 Å². The minimum absolute atomic E-state index is 0.0332. The number of hydrogen-bond acceptors (Lipinski definition) is 5. The van der Waals surface area contributed by atoms with E-state index in [0.29, 0.717) is 11.1 Å². The lowest BCUT2D eigenvalue weighted by molar-refractivity contribution is -0.142. The Balaban J connectivity index is 0.000000200. The highest BCUT2D eigenvalue weighted by molar-refractivity contribution is 6.16. The van der Waals surface area contributed by atoms with Gasteiger partial charge in [-0.05, 0) is 13.8 Å². The first-order valence-corrected chi connectivity index (χ1v) is 5.43. The Bertz CT molecular complexity index is 504. The molecule has 0 radical (unpaired) electrons. The number of hydrogen-bond donors (Lipinski definition) is 1. The van der Waals surface area contributed by atoms with E-state index in [0.717, 1.165) is 4.90 Å². The SMILES string of the molecule is CC1=CC(=O)NC1=O.COCN1C(=O)C=C(C)C1=O. The molecule has 0 spiro atoms. The van der Waals surface area contributed by atoms with Gasteiger partial charge >= 0.3 is 0 Å². The summed E-state index contributed by atoms with van der Waals surface area (Å²) in [4.78, 5) is 43.7. The van der Waals surface area contributed by atoms with Crippen molar-refractivity contribution in [3.05, 3.63) is 23.3 Å². The fourth-order valence-corrected chi connectivity index (χ4v) is 1.40. The monoisotopic (exact) mass is 266 g/mol. The van der Waals surface area contributed by atoms with Gasteiger partial charge in [-0.2, -0.15) is 0 Å². The minimum Gasteiger partial charge on any atom is -0.364 e. The van der Waals surface area contributed by atoms with Crippen LogP contribution in [0, 0.1) is 0 Å². The quantitative estimate of drug-likeness (QED) is 0.680. The Morgan fingerprint density at radius 3 is 2.00 bits per heavy atom. The molecule has 7 heteroatoms. The molecule has 2 aliphatic rings. The molecule has 2 heterocycles. The summed E-state index contributed by atoms with van der Waals surface area (Å²) in [5, 5.41) is 2.10. The van der Waals surface area contributed by atoms with Crippen LogP contribution in [0.15, 0.2) is 23.3 Å². The number of methoxy groups -OCH3 is 1. The first-order valence-electron chi connectivity index (χ1n) is 5.43. The zero-order valence-electron chi connectivity index (χ0n) is 10.9. The summed E-state index contributed by atoms with van der Waals surface area (Å²) in [6, 6.07) is 0. The van der Waals surface area contributed by atoms with Crippen LogP contribution in [0.1, 0.15) is 13.8 Å². The van der Waals surface area contributed by atoms with Gasteiger partial charge in [0.15, 0.2) is 0 Å². The van der Waals surface area contributed by atoms with Crippen LogP contribution in [-0.4, -0.2) is 42.4 Å². The molecule has 19 heavy (non-hydrogen) atoms. The summed E-state index contributed by atoms with van der Waals surface area (Å²) in [7, 11) is 1.44. The lowest BCUT2D eigenvalue weighted by Crippen LogP contribution is -2.32. The van der Waals surface area contributed by atoms with Crippen molar-refractivity contribution in [3.63, 3.8) is 0 Å². The lowest BCUT2D eigenvalue weighted by Gasteiger charge is -2.11. The number of nitrogens with zero attached hydrogens (tertiary/aromatic N) is 1. The van der Waals surface area contributed by atoms with Crippen LogP contribution in [-0.2, 0) is 23.9 Å². The molecule has 1 N–H and O–H groups in total. The molecule has 0 fully saturated rings. The molecule has 0 unspecified atom stereocenters. The van der Waals surface area contributed by atoms with Crippen LogP contribution < -0.4 is 5.32 Å². The number of carbonyl (C=O) groups excluding carboxylic acids is 4. The van der Waals surface area contributed by atoms with Gasteiger partial charge in [0.25, 0.3) is 23.6 Å². The van der Waals surface area contributed by atoms with Crippen molar-refractivity contribution < 1.29 is 23.9 Å². The molecule has 2 aliphatic heterocycles. The van der Waals surface area contributed by atoms with E-state index in [1.807, 2.05) is 0 Å². The van der Waals surface area contributed by atoms with E-state index < -0.39 is 0 Å². The highest BCUT2D eigenvalue weighted by atomic mass is 16.5. The van der Waals surface area contributed by atoms with Crippen LogP contribution in [0.25, 0.3) is 0 Å². The van der Waals surface area contributed by atoms with Crippen LogP contribution in [0.3, 0.4) is 0 Å². The molecular weight excluding hydrogens is 252 g/mol. The molecule has 0 aromatic carbocycles. The second-order valence-electron chi connectivity index (χ2n) is 3.96. The molecule has 0 atom stereocenters. The average molecular weight is 266 g/mol. The van der Waals surface area contributed by atoms with Crippen molar-refractivity contribution >= 4 is 23.6 Å². The smallest absolute Gasteiger partial charge is 0.258 e. The topological polar surface area (TPSA) is 92.8 Å². The first kappa shape index (κ1) is 14.8. The molecule has 2 rings (SSSR count). The van der Waals surface area contributed by atoms with Crippen molar-refractivity contribution in [3.8, 4) is 0 Å². The Hall–Kier alpha value is -2.28. The highest BCUT2D eigenvalue weighted by Gasteiger charge is 2.27. The zero-order chi connectivity index (χ0) is 14.6. The van der Waals surface area contributed by atoms with Gasteiger partial charge in [-0.1, -0.05) is 0 Å². The van der Waals surface area contributed by atoms with E-state index in [9.17, 15) is 19.2 Å². The summed E-state index contributed by atoms with van der Waals surface area (Å²) in [6.07, 6.45) is 2.59. The third-order valence-corrected chi connectivity index (χ3v) is 2.39. The first-order chi connectivity index (χ1) is 8.86. The average Bonchev–Trinajstić information content (AvgIpc) is 2.74. The van der Waals surface area contributed by atoms with Gasteiger partial charge in [0.05, 0.1) is 0 Å². The van der Waals surface area contributed by atoms with E-state index in [1.54, 1.807) is 13.8 Å². The molecule has 4 amide bonds. The number of carbonyl (C=O) groups is 4. The number of imide groups is 2. The molecular formula is C12H14N2O5. The van der Waals surface area contributed by atoms with E-state index in [1.165, 1.54) is 19.3 Å². The maximum atomic E-state index is 11.1. The second kappa shape index (κ2) is 6.05. The van der Waals surface area contributed by atoms with Crippen molar-refractivity contribution in [2.45, 2.75) is 13.8 Å². The molecule has 0 saturated heterocycles. The Kier molecular flexibility index (Phi) is 4.71. The predicted molar refractivity (Wildman–Crippen MR) is 64.4 cm³/mol. The van der Waals surface area contributed by atoms with Crippen molar-refractivity contribution in [2.24, 2.45) is 0 Å². The summed E-state index contributed by atoms with van der Waals surface area (Å²) in [6.45, 7) is 3.24. The van der Waals surface area contributed by atoms with E-state index >= 15 is 0 Å². The normalized spacial score (nSPS) is 17.9. The van der Waals surface area contributed by atoms with E-state index in [2.05, 4.69) is 10.1 Å². The molecule has 0 aromatic rings. The second-order valence-corrected chi connectivity index (χ2v) is 3.96. The molecule has 0 aromatic heterocycles. The number of ether oxygens (including phenoxy) is 1. The molecule has 0 saturated carbocycles. The number of nitrogens with one attached hydrogen (secondary N) is 1. The van der Waals surface area contributed by atoms with Gasteiger partial charge in [0.1, 0.15) is 6.73 Å². The third-order valence-electron chi connectivity index (χ3n) is 2.39. The van der Waals surface area contributed by atoms with E-state index in [4.69, 9.17) is 0 Å².